The number of nitrogens with zero attached hydrogens (tertiary/aromatic N) is 1. The molecule has 2 amide bonds. The van der Waals surface area contributed by atoms with Gasteiger partial charge in [0.25, 0.3) is 5.91 Å². The largest absolute Gasteiger partial charge is 0.322 e. The van der Waals surface area contributed by atoms with Crippen LogP contribution in [0.15, 0.2) is 77.0 Å². The molecule has 0 radical (unpaired) electrons. The monoisotopic (exact) mass is 531 g/mol. The second-order valence-electron chi connectivity index (χ2n) is 6.99. The molecule has 3 aromatic carbocycles. The molecule has 0 saturated carbocycles. The van der Waals surface area contributed by atoms with E-state index in [0.717, 1.165) is 10.5 Å². The van der Waals surface area contributed by atoms with Crippen molar-refractivity contribution in [3.05, 3.63) is 93.5 Å². The third-order valence-electron chi connectivity index (χ3n) is 4.55. The Kier molecular flexibility index (Phi) is 7.84. The summed E-state index contributed by atoms with van der Waals surface area (Å²) in [5, 5.41) is 8.78. The molecule has 1 aromatic heterocycles. The van der Waals surface area contributed by atoms with Gasteiger partial charge in [-0.05, 0) is 60.7 Å². The van der Waals surface area contributed by atoms with Crippen molar-refractivity contribution >= 4 is 68.9 Å². The number of hydrogen-bond acceptors (Lipinski definition) is 5. The number of rotatable bonds is 7. The van der Waals surface area contributed by atoms with Crippen molar-refractivity contribution < 1.29 is 14.0 Å². The van der Waals surface area contributed by atoms with Gasteiger partial charge in [-0.1, -0.05) is 29.3 Å². The van der Waals surface area contributed by atoms with Crippen LogP contribution in [0, 0.1) is 5.82 Å². The number of carbonyl (C=O) groups excluding carboxylic acids is 2. The van der Waals surface area contributed by atoms with Crippen LogP contribution < -0.4 is 10.6 Å². The summed E-state index contributed by atoms with van der Waals surface area (Å²) in [5.74, 6) is -0.718. The van der Waals surface area contributed by atoms with Crippen LogP contribution in [0.2, 0.25) is 10.0 Å². The Morgan fingerprint density at radius 1 is 0.941 bits per heavy atom. The van der Waals surface area contributed by atoms with Gasteiger partial charge in [-0.2, -0.15) is 0 Å². The molecule has 4 aromatic rings. The van der Waals surface area contributed by atoms with Crippen LogP contribution in [0.25, 0.3) is 11.3 Å². The van der Waals surface area contributed by atoms with Crippen molar-refractivity contribution in [2.24, 2.45) is 0 Å². The standard InChI is InChI=1S/C24H16Cl2FN3O2S2/c25-19-10-3-15(11-20(19)26)21-12-34-24(29-21)30-22(31)13-33-18-8-6-17(7-9-18)28-23(32)14-1-4-16(27)5-2-14/h1-12H,13H2,(H,28,32)(H,29,30,31). The third-order valence-corrected chi connectivity index (χ3v) is 7.06. The highest BCUT2D eigenvalue weighted by Gasteiger charge is 2.11. The van der Waals surface area contributed by atoms with Crippen molar-refractivity contribution in [3.63, 3.8) is 0 Å². The van der Waals surface area contributed by atoms with E-state index in [1.54, 1.807) is 24.3 Å². The Morgan fingerprint density at radius 2 is 1.68 bits per heavy atom. The topological polar surface area (TPSA) is 71.1 Å². The Morgan fingerprint density at radius 3 is 2.38 bits per heavy atom. The average Bonchev–Trinajstić information content (AvgIpc) is 3.29. The van der Waals surface area contributed by atoms with Crippen LogP contribution in [0.1, 0.15) is 10.4 Å². The van der Waals surface area contributed by atoms with Crippen LogP contribution in [0.3, 0.4) is 0 Å². The molecule has 4 rings (SSSR count). The van der Waals surface area contributed by atoms with Gasteiger partial charge in [0.1, 0.15) is 5.82 Å². The molecule has 2 N–H and O–H groups in total. The lowest BCUT2D eigenvalue weighted by Gasteiger charge is -2.07. The minimum Gasteiger partial charge on any atom is -0.322 e. The van der Waals surface area contributed by atoms with Crippen molar-refractivity contribution in [2.75, 3.05) is 16.4 Å². The van der Waals surface area contributed by atoms with E-state index < -0.39 is 5.82 Å². The van der Waals surface area contributed by atoms with Crippen LogP contribution >= 0.6 is 46.3 Å². The Balaban J connectivity index is 1.28. The lowest BCUT2D eigenvalue weighted by atomic mass is 10.2. The maximum atomic E-state index is 13.0. The van der Waals surface area contributed by atoms with Crippen LogP contribution in [-0.4, -0.2) is 22.6 Å². The second-order valence-corrected chi connectivity index (χ2v) is 9.71. The molecule has 0 bridgehead atoms. The molecule has 0 aliphatic heterocycles. The number of amides is 2. The average molecular weight is 532 g/mol. The number of nitrogens with one attached hydrogen (secondary N) is 2. The fourth-order valence-electron chi connectivity index (χ4n) is 2.86. The molecule has 34 heavy (non-hydrogen) atoms. The van der Waals surface area contributed by atoms with Crippen molar-refractivity contribution in [2.45, 2.75) is 4.90 Å². The normalized spacial score (nSPS) is 10.7. The summed E-state index contributed by atoms with van der Waals surface area (Å²) in [6, 6.07) is 17.7. The van der Waals surface area contributed by atoms with Crippen LogP contribution in [0.5, 0.6) is 0 Å². The molecule has 0 fully saturated rings. The summed E-state index contributed by atoms with van der Waals surface area (Å²) < 4.78 is 13.0. The predicted molar refractivity (Wildman–Crippen MR) is 138 cm³/mol. The first kappa shape index (κ1) is 24.2. The lowest BCUT2D eigenvalue weighted by Crippen LogP contribution is -2.13. The first-order valence-corrected chi connectivity index (χ1v) is 12.5. The van der Waals surface area contributed by atoms with E-state index in [1.165, 1.54) is 47.4 Å². The molecule has 172 valence electrons. The van der Waals surface area contributed by atoms with Gasteiger partial charge in [-0.3, -0.25) is 9.59 Å². The number of hydrogen-bond donors (Lipinski definition) is 2. The minimum atomic E-state index is -0.399. The molecular formula is C24H16Cl2FN3O2S2. The molecule has 0 spiro atoms. The van der Waals surface area contributed by atoms with Crippen molar-refractivity contribution in [3.8, 4) is 11.3 Å². The first-order valence-electron chi connectivity index (χ1n) is 9.88. The summed E-state index contributed by atoms with van der Waals surface area (Å²) in [6.45, 7) is 0. The fourth-order valence-corrected chi connectivity index (χ4v) is 4.59. The number of halogens is 3. The number of benzene rings is 3. The van der Waals surface area contributed by atoms with E-state index in [1.807, 2.05) is 23.6 Å². The molecule has 0 atom stereocenters. The number of carbonyl (C=O) groups is 2. The Labute approximate surface area is 213 Å². The minimum absolute atomic E-state index is 0.186. The van der Waals surface area contributed by atoms with Crippen molar-refractivity contribution in [1.82, 2.24) is 4.98 Å². The van der Waals surface area contributed by atoms with Gasteiger partial charge < -0.3 is 10.6 Å². The number of thioether (sulfide) groups is 1. The van der Waals surface area contributed by atoms with Crippen LogP contribution in [-0.2, 0) is 4.79 Å². The van der Waals surface area contributed by atoms with Gasteiger partial charge in [0, 0.05) is 27.1 Å². The van der Waals surface area contributed by atoms with E-state index >= 15 is 0 Å². The molecule has 10 heteroatoms. The zero-order chi connectivity index (χ0) is 24.1. The van der Waals surface area contributed by atoms with Gasteiger partial charge >= 0.3 is 0 Å². The zero-order valence-electron chi connectivity index (χ0n) is 17.3. The summed E-state index contributed by atoms with van der Waals surface area (Å²) in [4.78, 5) is 29.8. The quantitative estimate of drug-likeness (QED) is 0.246. The molecule has 1 heterocycles. The molecular weight excluding hydrogens is 516 g/mol. The maximum absolute atomic E-state index is 13.0. The number of anilines is 2. The summed E-state index contributed by atoms with van der Waals surface area (Å²) in [6.07, 6.45) is 0. The van der Waals surface area contributed by atoms with Crippen LogP contribution in [0.4, 0.5) is 15.2 Å². The number of thiazole rings is 1. The summed E-state index contributed by atoms with van der Waals surface area (Å²) >= 11 is 14.7. The smallest absolute Gasteiger partial charge is 0.255 e. The highest BCUT2D eigenvalue weighted by atomic mass is 35.5. The fraction of sp³-hybridized carbons (Fsp3) is 0.0417. The van der Waals surface area contributed by atoms with E-state index in [9.17, 15) is 14.0 Å². The van der Waals surface area contributed by atoms with Gasteiger partial charge in [0.15, 0.2) is 5.13 Å². The van der Waals surface area contributed by atoms with E-state index in [0.29, 0.717) is 32.1 Å². The highest BCUT2D eigenvalue weighted by molar-refractivity contribution is 8.00. The maximum Gasteiger partial charge on any atom is 0.255 e. The second kappa shape index (κ2) is 11.0. The molecule has 0 aliphatic rings. The summed E-state index contributed by atoms with van der Waals surface area (Å²) in [7, 11) is 0. The molecule has 0 aliphatic carbocycles. The predicted octanol–water partition coefficient (Wildman–Crippen LogP) is 7.24. The highest BCUT2D eigenvalue weighted by Crippen LogP contribution is 2.30. The van der Waals surface area contributed by atoms with Crippen molar-refractivity contribution in [1.29, 1.82) is 0 Å². The van der Waals surface area contributed by atoms with Gasteiger partial charge in [-0.25, -0.2) is 9.37 Å². The molecule has 5 nitrogen and oxygen atoms in total. The lowest BCUT2D eigenvalue weighted by molar-refractivity contribution is -0.113. The Bertz CT molecular complexity index is 1330. The first-order chi connectivity index (χ1) is 16.4. The van der Waals surface area contributed by atoms with Gasteiger partial charge in [-0.15, -0.1) is 23.1 Å². The molecule has 0 unspecified atom stereocenters. The zero-order valence-corrected chi connectivity index (χ0v) is 20.5. The third kappa shape index (κ3) is 6.36. The van der Waals surface area contributed by atoms with Gasteiger partial charge in [0.05, 0.1) is 21.5 Å². The summed E-state index contributed by atoms with van der Waals surface area (Å²) in [5.41, 5.74) is 2.47. The van der Waals surface area contributed by atoms with E-state index in [-0.39, 0.29) is 17.6 Å². The number of aromatic nitrogens is 1. The van der Waals surface area contributed by atoms with E-state index in [4.69, 9.17) is 23.2 Å². The molecule has 0 saturated heterocycles. The van der Waals surface area contributed by atoms with Gasteiger partial charge in [0.2, 0.25) is 5.91 Å². The van der Waals surface area contributed by atoms with E-state index in [2.05, 4.69) is 15.6 Å². The SMILES string of the molecule is O=C(CSc1ccc(NC(=O)c2ccc(F)cc2)cc1)Nc1nc(-c2ccc(Cl)c(Cl)c2)cs1. The Hall–Kier alpha value is -2.91.